The topological polar surface area (TPSA) is 49.3 Å². The van der Waals surface area contributed by atoms with Gasteiger partial charge >= 0.3 is 0 Å². The van der Waals surface area contributed by atoms with Crippen LogP contribution in [0.5, 0.6) is 0 Å². The molecule has 2 N–H and O–H groups in total. The first-order valence-electron chi connectivity index (χ1n) is 7.43. The Balaban J connectivity index is 1.60. The highest BCUT2D eigenvalue weighted by molar-refractivity contribution is 7.99. The van der Waals surface area contributed by atoms with Gasteiger partial charge in [0, 0.05) is 23.6 Å². The van der Waals surface area contributed by atoms with Crippen LogP contribution >= 0.6 is 11.8 Å². The van der Waals surface area contributed by atoms with Crippen LogP contribution < -0.4 is 5.32 Å². The van der Waals surface area contributed by atoms with Crippen LogP contribution in [0.2, 0.25) is 0 Å². The molecule has 1 unspecified atom stereocenters. The number of benzene rings is 2. The van der Waals surface area contributed by atoms with Crippen LogP contribution in [0.25, 0.3) is 0 Å². The summed E-state index contributed by atoms with van der Waals surface area (Å²) in [5.41, 5.74) is 0.886. The Morgan fingerprint density at radius 1 is 1.05 bits per heavy atom. The number of hydrogen-bond donors (Lipinski definition) is 2. The number of rotatable bonds is 8. The zero-order chi connectivity index (χ0) is 15.6. The largest absolute Gasteiger partial charge is 0.388 e. The highest BCUT2D eigenvalue weighted by Crippen LogP contribution is 2.18. The summed E-state index contributed by atoms with van der Waals surface area (Å²) < 4.78 is 0. The molecule has 0 bridgehead atoms. The normalized spacial score (nSPS) is 11.9. The Bertz CT molecular complexity index is 560. The fourth-order valence-corrected chi connectivity index (χ4v) is 2.93. The molecule has 1 atom stereocenters. The van der Waals surface area contributed by atoms with E-state index < -0.39 is 6.10 Å². The van der Waals surface area contributed by atoms with E-state index in [1.54, 1.807) is 11.8 Å². The maximum Gasteiger partial charge on any atom is 0.220 e. The van der Waals surface area contributed by atoms with Crippen molar-refractivity contribution in [3.63, 3.8) is 0 Å². The van der Waals surface area contributed by atoms with Gasteiger partial charge in [0.2, 0.25) is 5.91 Å². The third-order valence-corrected chi connectivity index (χ3v) is 4.28. The molecule has 22 heavy (non-hydrogen) atoms. The third-order valence-electron chi connectivity index (χ3n) is 3.27. The quantitative estimate of drug-likeness (QED) is 0.734. The number of carbonyl (C=O) groups excluding carboxylic acids is 1. The second-order valence-corrected chi connectivity index (χ2v) is 6.14. The van der Waals surface area contributed by atoms with Crippen LogP contribution in [0, 0.1) is 0 Å². The van der Waals surface area contributed by atoms with Gasteiger partial charge in [0.1, 0.15) is 0 Å². The predicted octanol–water partition coefficient (Wildman–Crippen LogP) is 3.41. The lowest BCUT2D eigenvalue weighted by Crippen LogP contribution is -2.25. The molecule has 4 heteroatoms. The molecule has 1 amide bonds. The van der Waals surface area contributed by atoms with Crippen molar-refractivity contribution in [1.29, 1.82) is 0 Å². The smallest absolute Gasteiger partial charge is 0.220 e. The van der Waals surface area contributed by atoms with Gasteiger partial charge in [0.25, 0.3) is 0 Å². The molecule has 0 fully saturated rings. The first-order valence-corrected chi connectivity index (χ1v) is 8.42. The van der Waals surface area contributed by atoms with Gasteiger partial charge in [0.05, 0.1) is 6.10 Å². The van der Waals surface area contributed by atoms with Crippen LogP contribution in [0.15, 0.2) is 65.6 Å². The lowest BCUT2D eigenvalue weighted by molar-refractivity contribution is -0.120. The second-order valence-electron chi connectivity index (χ2n) is 4.98. The molecule has 2 aromatic carbocycles. The van der Waals surface area contributed by atoms with Crippen LogP contribution in [0.4, 0.5) is 0 Å². The van der Waals surface area contributed by atoms with Crippen molar-refractivity contribution in [2.45, 2.75) is 23.8 Å². The monoisotopic (exact) mass is 315 g/mol. The molecule has 0 heterocycles. The van der Waals surface area contributed by atoms with E-state index in [4.69, 9.17) is 0 Å². The van der Waals surface area contributed by atoms with Crippen LogP contribution in [0.1, 0.15) is 24.5 Å². The summed E-state index contributed by atoms with van der Waals surface area (Å²) in [5, 5.41) is 12.9. The van der Waals surface area contributed by atoms with Gasteiger partial charge in [-0.05, 0) is 24.1 Å². The zero-order valence-corrected chi connectivity index (χ0v) is 13.3. The van der Waals surface area contributed by atoms with Gasteiger partial charge in [-0.3, -0.25) is 4.79 Å². The molecule has 2 rings (SSSR count). The number of thioether (sulfide) groups is 1. The summed E-state index contributed by atoms with van der Waals surface area (Å²) in [5.74, 6) is 0.792. The van der Waals surface area contributed by atoms with E-state index in [2.05, 4.69) is 5.32 Å². The molecule has 0 aliphatic carbocycles. The molecule has 0 saturated heterocycles. The molecular weight excluding hydrogens is 294 g/mol. The van der Waals surface area contributed by atoms with E-state index >= 15 is 0 Å². The SMILES string of the molecule is O=C(CCSc1ccccc1)NCCC(O)c1ccccc1. The van der Waals surface area contributed by atoms with E-state index in [9.17, 15) is 9.90 Å². The van der Waals surface area contributed by atoms with E-state index in [-0.39, 0.29) is 5.91 Å². The summed E-state index contributed by atoms with van der Waals surface area (Å²) in [7, 11) is 0. The summed E-state index contributed by atoms with van der Waals surface area (Å²) in [4.78, 5) is 12.9. The van der Waals surface area contributed by atoms with E-state index in [1.165, 1.54) is 4.90 Å². The van der Waals surface area contributed by atoms with Gasteiger partial charge in [-0.15, -0.1) is 11.8 Å². The highest BCUT2D eigenvalue weighted by Gasteiger charge is 2.07. The number of aliphatic hydroxyl groups excluding tert-OH is 1. The number of carbonyl (C=O) groups is 1. The van der Waals surface area contributed by atoms with Crippen molar-refractivity contribution >= 4 is 17.7 Å². The lowest BCUT2D eigenvalue weighted by Gasteiger charge is -2.11. The molecule has 3 nitrogen and oxygen atoms in total. The number of hydrogen-bond acceptors (Lipinski definition) is 3. The Hall–Kier alpha value is -1.78. The van der Waals surface area contributed by atoms with Crippen LogP contribution in [0.3, 0.4) is 0 Å². The number of amides is 1. The first-order chi connectivity index (χ1) is 10.8. The van der Waals surface area contributed by atoms with Gasteiger partial charge in [-0.25, -0.2) is 0 Å². The highest BCUT2D eigenvalue weighted by atomic mass is 32.2. The average molecular weight is 315 g/mol. The van der Waals surface area contributed by atoms with Crippen molar-refractivity contribution in [2.75, 3.05) is 12.3 Å². The minimum atomic E-state index is -0.528. The van der Waals surface area contributed by atoms with Crippen molar-refractivity contribution in [3.05, 3.63) is 66.2 Å². The summed E-state index contributed by atoms with van der Waals surface area (Å²) in [6, 6.07) is 19.6. The minimum absolute atomic E-state index is 0.0312. The van der Waals surface area contributed by atoms with Gasteiger partial charge < -0.3 is 10.4 Å². The lowest BCUT2D eigenvalue weighted by atomic mass is 10.1. The molecule has 0 saturated carbocycles. The number of nitrogens with one attached hydrogen (secondary N) is 1. The van der Waals surface area contributed by atoms with Crippen LogP contribution in [-0.2, 0) is 4.79 Å². The van der Waals surface area contributed by atoms with Crippen molar-refractivity contribution in [2.24, 2.45) is 0 Å². The summed E-state index contributed by atoms with van der Waals surface area (Å²) in [6.07, 6.45) is 0.489. The Labute approximate surface area is 135 Å². The fourth-order valence-electron chi connectivity index (χ4n) is 2.06. The standard InChI is InChI=1S/C18H21NO2S/c20-17(15-7-3-1-4-8-15)11-13-19-18(21)12-14-22-16-9-5-2-6-10-16/h1-10,17,20H,11-14H2,(H,19,21). The van der Waals surface area contributed by atoms with Gasteiger partial charge in [-0.2, -0.15) is 0 Å². The van der Waals surface area contributed by atoms with E-state index in [0.29, 0.717) is 19.4 Å². The zero-order valence-electron chi connectivity index (χ0n) is 12.4. The van der Waals surface area contributed by atoms with Gasteiger partial charge in [-0.1, -0.05) is 48.5 Å². The van der Waals surface area contributed by atoms with E-state index in [0.717, 1.165) is 11.3 Å². The maximum absolute atomic E-state index is 11.7. The van der Waals surface area contributed by atoms with Gasteiger partial charge in [0.15, 0.2) is 0 Å². The Kier molecular flexibility index (Phi) is 7.00. The average Bonchev–Trinajstić information content (AvgIpc) is 2.56. The molecular formula is C18H21NO2S. The molecule has 2 aromatic rings. The first kappa shape index (κ1) is 16.6. The fraction of sp³-hybridized carbons (Fsp3) is 0.278. The predicted molar refractivity (Wildman–Crippen MR) is 90.8 cm³/mol. The summed E-state index contributed by atoms with van der Waals surface area (Å²) in [6.45, 7) is 0.491. The second kappa shape index (κ2) is 9.28. The summed E-state index contributed by atoms with van der Waals surface area (Å²) >= 11 is 1.68. The van der Waals surface area contributed by atoms with E-state index in [1.807, 2.05) is 60.7 Å². The molecule has 0 spiro atoms. The Morgan fingerprint density at radius 3 is 2.36 bits per heavy atom. The molecule has 0 aromatic heterocycles. The molecule has 0 aliphatic rings. The minimum Gasteiger partial charge on any atom is -0.388 e. The molecule has 116 valence electrons. The molecule has 0 radical (unpaired) electrons. The third kappa shape index (κ3) is 5.92. The molecule has 0 aliphatic heterocycles. The van der Waals surface area contributed by atoms with Crippen molar-refractivity contribution in [1.82, 2.24) is 5.32 Å². The van der Waals surface area contributed by atoms with Crippen LogP contribution in [-0.4, -0.2) is 23.3 Å². The van der Waals surface area contributed by atoms with Crippen molar-refractivity contribution < 1.29 is 9.90 Å². The number of aliphatic hydroxyl groups is 1. The maximum atomic E-state index is 11.7. The van der Waals surface area contributed by atoms with Crippen molar-refractivity contribution in [3.8, 4) is 0 Å². The Morgan fingerprint density at radius 2 is 1.68 bits per heavy atom.